The summed E-state index contributed by atoms with van der Waals surface area (Å²) in [5.74, 6) is -0.428. The lowest BCUT2D eigenvalue weighted by Gasteiger charge is -2.10. The van der Waals surface area contributed by atoms with Crippen LogP contribution in [0.3, 0.4) is 0 Å². The number of rotatable bonds is 5. The van der Waals surface area contributed by atoms with Crippen molar-refractivity contribution in [2.24, 2.45) is 0 Å². The van der Waals surface area contributed by atoms with E-state index in [0.29, 0.717) is 12.2 Å². The summed E-state index contributed by atoms with van der Waals surface area (Å²) in [5.41, 5.74) is 0.529. The third-order valence-corrected chi connectivity index (χ3v) is 3.69. The quantitative estimate of drug-likeness (QED) is 0.771. The van der Waals surface area contributed by atoms with E-state index < -0.39 is 17.2 Å². The molecule has 6 nitrogen and oxygen atoms in total. The summed E-state index contributed by atoms with van der Waals surface area (Å²) in [6, 6.07) is 19.6. The minimum absolute atomic E-state index is 0.331. The largest absolute Gasteiger partial charge is 0.331 e. The average Bonchev–Trinajstić information content (AvgIpc) is 2.63. The first-order valence-electron chi connectivity index (χ1n) is 7.82. The number of carbonyl (C=O) groups is 1. The van der Waals surface area contributed by atoms with Crippen LogP contribution in [0, 0.1) is 0 Å². The van der Waals surface area contributed by atoms with E-state index in [4.69, 9.17) is 0 Å². The highest BCUT2D eigenvalue weighted by Gasteiger charge is 2.10. The third kappa shape index (κ3) is 4.11. The van der Waals surface area contributed by atoms with Gasteiger partial charge in [-0.3, -0.25) is 18.7 Å². The van der Waals surface area contributed by atoms with Crippen LogP contribution in [0.25, 0.3) is 0 Å². The van der Waals surface area contributed by atoms with Crippen molar-refractivity contribution in [2.75, 3.05) is 5.32 Å². The molecule has 0 radical (unpaired) electrons. The van der Waals surface area contributed by atoms with Gasteiger partial charge in [0.05, 0.1) is 6.54 Å². The van der Waals surface area contributed by atoms with Gasteiger partial charge < -0.3 is 5.32 Å². The molecule has 0 aliphatic carbocycles. The van der Waals surface area contributed by atoms with Gasteiger partial charge in [-0.05, 0) is 17.7 Å². The van der Waals surface area contributed by atoms with E-state index in [2.05, 4.69) is 5.32 Å². The number of benzene rings is 2. The Morgan fingerprint density at radius 2 is 1.52 bits per heavy atom. The number of hydrogen-bond acceptors (Lipinski definition) is 3. The van der Waals surface area contributed by atoms with Crippen LogP contribution in [-0.2, 0) is 17.9 Å². The number of carbonyl (C=O) groups excluding carboxylic acids is 1. The molecule has 6 heteroatoms. The van der Waals surface area contributed by atoms with E-state index in [1.165, 1.54) is 16.8 Å². The second-order valence-electron chi connectivity index (χ2n) is 5.55. The molecule has 25 heavy (non-hydrogen) atoms. The Labute approximate surface area is 144 Å². The molecule has 0 atom stereocenters. The number of amides is 1. The number of nitrogens with zero attached hydrogens (tertiary/aromatic N) is 2. The fourth-order valence-electron chi connectivity index (χ4n) is 2.47. The van der Waals surface area contributed by atoms with Gasteiger partial charge in [0.1, 0.15) is 6.54 Å². The molecule has 3 rings (SSSR count). The first-order valence-corrected chi connectivity index (χ1v) is 7.82. The lowest BCUT2D eigenvalue weighted by Crippen LogP contribution is -2.41. The summed E-state index contributed by atoms with van der Waals surface area (Å²) in [6.45, 7) is 0.00243. The van der Waals surface area contributed by atoms with Crippen molar-refractivity contribution < 1.29 is 4.79 Å². The second kappa shape index (κ2) is 7.44. The highest BCUT2D eigenvalue weighted by molar-refractivity contribution is 5.90. The summed E-state index contributed by atoms with van der Waals surface area (Å²) < 4.78 is 2.34. The van der Waals surface area contributed by atoms with Crippen molar-refractivity contribution in [3.05, 3.63) is 99.3 Å². The summed E-state index contributed by atoms with van der Waals surface area (Å²) in [7, 11) is 0. The molecule has 1 heterocycles. The van der Waals surface area contributed by atoms with E-state index in [1.807, 2.05) is 36.4 Å². The maximum absolute atomic E-state index is 12.5. The monoisotopic (exact) mass is 335 g/mol. The lowest BCUT2D eigenvalue weighted by molar-refractivity contribution is -0.116. The smallest absolute Gasteiger partial charge is 0.325 e. The van der Waals surface area contributed by atoms with Crippen LogP contribution < -0.4 is 16.6 Å². The van der Waals surface area contributed by atoms with Crippen molar-refractivity contribution in [2.45, 2.75) is 13.1 Å². The Kier molecular flexibility index (Phi) is 4.89. The summed E-state index contributed by atoms with van der Waals surface area (Å²) in [6.07, 6.45) is 1.45. The van der Waals surface area contributed by atoms with E-state index in [1.54, 1.807) is 24.3 Å². The molecule has 1 aromatic heterocycles. The maximum Gasteiger partial charge on any atom is 0.331 e. The Bertz CT molecular complexity index is 976. The molecule has 3 aromatic rings. The van der Waals surface area contributed by atoms with Crippen LogP contribution in [0.1, 0.15) is 5.56 Å². The van der Waals surface area contributed by atoms with E-state index in [9.17, 15) is 14.4 Å². The van der Waals surface area contributed by atoms with Crippen LogP contribution in [0.4, 0.5) is 5.69 Å². The van der Waals surface area contributed by atoms with Crippen LogP contribution in [0.5, 0.6) is 0 Å². The molecular weight excluding hydrogens is 318 g/mol. The van der Waals surface area contributed by atoms with E-state index in [-0.39, 0.29) is 6.54 Å². The fourth-order valence-corrected chi connectivity index (χ4v) is 2.47. The normalized spacial score (nSPS) is 10.4. The van der Waals surface area contributed by atoms with Crippen LogP contribution in [0.15, 0.2) is 82.5 Å². The topological polar surface area (TPSA) is 73.1 Å². The molecule has 0 aliphatic heterocycles. The molecule has 1 N–H and O–H groups in total. The number of nitrogens with one attached hydrogen (secondary N) is 1. The molecule has 2 aromatic carbocycles. The molecule has 0 unspecified atom stereocenters. The molecule has 0 saturated heterocycles. The first-order chi connectivity index (χ1) is 12.1. The van der Waals surface area contributed by atoms with Gasteiger partial charge in [-0.25, -0.2) is 4.79 Å². The molecule has 0 fully saturated rings. The van der Waals surface area contributed by atoms with Gasteiger partial charge >= 0.3 is 5.69 Å². The van der Waals surface area contributed by atoms with Crippen LogP contribution in [0.2, 0.25) is 0 Å². The van der Waals surface area contributed by atoms with Crippen molar-refractivity contribution in [3.63, 3.8) is 0 Å². The lowest BCUT2D eigenvalue weighted by atomic mass is 10.2. The number of para-hydroxylation sites is 1. The van der Waals surface area contributed by atoms with Gasteiger partial charge in [0.25, 0.3) is 5.56 Å². The average molecular weight is 335 g/mol. The molecule has 0 bridgehead atoms. The Morgan fingerprint density at radius 1 is 0.880 bits per heavy atom. The Morgan fingerprint density at radius 3 is 2.20 bits per heavy atom. The SMILES string of the molecule is O=C(Cn1c(=O)ccn(Cc2ccccc2)c1=O)Nc1ccccc1. The molecule has 126 valence electrons. The van der Waals surface area contributed by atoms with Gasteiger partial charge in [0, 0.05) is 18.0 Å². The third-order valence-electron chi connectivity index (χ3n) is 3.69. The Balaban J connectivity index is 1.81. The number of anilines is 1. The van der Waals surface area contributed by atoms with Gasteiger partial charge in [-0.2, -0.15) is 0 Å². The van der Waals surface area contributed by atoms with Crippen LogP contribution >= 0.6 is 0 Å². The number of aromatic nitrogens is 2. The van der Waals surface area contributed by atoms with Gasteiger partial charge in [-0.1, -0.05) is 48.5 Å². The van der Waals surface area contributed by atoms with Gasteiger partial charge in [0.15, 0.2) is 0 Å². The first kappa shape index (κ1) is 16.4. The van der Waals surface area contributed by atoms with Gasteiger partial charge in [-0.15, -0.1) is 0 Å². The van der Waals surface area contributed by atoms with Crippen molar-refractivity contribution in [1.82, 2.24) is 9.13 Å². The Hall–Kier alpha value is -3.41. The highest BCUT2D eigenvalue weighted by atomic mass is 16.2. The molecule has 0 spiro atoms. The maximum atomic E-state index is 12.5. The number of hydrogen-bond donors (Lipinski definition) is 1. The van der Waals surface area contributed by atoms with Crippen molar-refractivity contribution in [3.8, 4) is 0 Å². The predicted octanol–water partition coefficient (Wildman–Crippen LogP) is 1.70. The summed E-state index contributed by atoms with van der Waals surface area (Å²) >= 11 is 0. The zero-order valence-corrected chi connectivity index (χ0v) is 13.5. The minimum atomic E-state index is -0.514. The van der Waals surface area contributed by atoms with Gasteiger partial charge in [0.2, 0.25) is 5.91 Å². The minimum Gasteiger partial charge on any atom is -0.325 e. The zero-order chi connectivity index (χ0) is 17.6. The van der Waals surface area contributed by atoms with E-state index in [0.717, 1.165) is 10.1 Å². The summed E-state index contributed by atoms with van der Waals surface area (Å²) in [4.78, 5) is 36.7. The second-order valence-corrected chi connectivity index (χ2v) is 5.55. The molecule has 0 saturated carbocycles. The fraction of sp³-hybridized carbons (Fsp3) is 0.105. The predicted molar refractivity (Wildman–Crippen MR) is 95.6 cm³/mol. The molecule has 0 aliphatic rings. The van der Waals surface area contributed by atoms with Crippen LogP contribution in [-0.4, -0.2) is 15.0 Å². The highest BCUT2D eigenvalue weighted by Crippen LogP contribution is 2.04. The molecular formula is C19H17N3O3. The van der Waals surface area contributed by atoms with Crippen molar-refractivity contribution >= 4 is 11.6 Å². The van der Waals surface area contributed by atoms with Crippen molar-refractivity contribution in [1.29, 1.82) is 0 Å². The zero-order valence-electron chi connectivity index (χ0n) is 13.5. The molecule has 1 amide bonds. The standard InChI is InChI=1S/C19H17N3O3/c23-17(20-16-9-5-2-6-10-16)14-22-18(24)11-12-21(19(22)25)13-15-7-3-1-4-8-15/h1-12H,13-14H2,(H,20,23). The van der Waals surface area contributed by atoms with E-state index >= 15 is 0 Å². The summed E-state index contributed by atoms with van der Waals surface area (Å²) in [5, 5.41) is 2.67.